The monoisotopic (exact) mass is 341 g/mol. The summed E-state index contributed by atoms with van der Waals surface area (Å²) >= 11 is 0. The van der Waals surface area contributed by atoms with E-state index in [1.807, 2.05) is 39.1 Å². The number of hydrogen-bond acceptors (Lipinski definition) is 6. The third-order valence-electron chi connectivity index (χ3n) is 3.22. The van der Waals surface area contributed by atoms with Crippen LogP contribution < -0.4 is 14.8 Å². The molecule has 1 aromatic carbocycles. The van der Waals surface area contributed by atoms with Crippen LogP contribution in [0.5, 0.6) is 11.5 Å². The summed E-state index contributed by atoms with van der Waals surface area (Å²) in [5.41, 5.74) is 0.809. The van der Waals surface area contributed by atoms with E-state index in [4.69, 9.17) is 14.0 Å². The summed E-state index contributed by atoms with van der Waals surface area (Å²) in [6.45, 7) is 6.01. The molecule has 0 saturated heterocycles. The second kappa shape index (κ2) is 8.74. The van der Waals surface area contributed by atoms with Crippen LogP contribution in [-0.2, 0) is 6.42 Å². The molecule has 0 spiro atoms. The lowest BCUT2D eigenvalue weighted by atomic mass is 10.2. The molecule has 2 aromatic rings. The lowest BCUT2D eigenvalue weighted by molar-refractivity contribution is 0.230. The largest absolute Gasteiger partial charge is 0.493 e. The van der Waals surface area contributed by atoms with Gasteiger partial charge in [0.15, 0.2) is 17.3 Å². The van der Waals surface area contributed by atoms with E-state index < -0.39 is 0 Å². The van der Waals surface area contributed by atoms with Gasteiger partial charge in [-0.1, -0.05) is 5.16 Å². The van der Waals surface area contributed by atoms with E-state index in [0.29, 0.717) is 35.7 Å². The van der Waals surface area contributed by atoms with Crippen LogP contribution in [0, 0.1) is 0 Å². The highest BCUT2D eigenvalue weighted by molar-refractivity contribution is 5.85. The van der Waals surface area contributed by atoms with Crippen LogP contribution in [0.1, 0.15) is 26.6 Å². The van der Waals surface area contributed by atoms with Gasteiger partial charge in [0.1, 0.15) is 0 Å². The number of ether oxygens (including phenoxy) is 2. The first-order valence-electron chi connectivity index (χ1n) is 7.38. The zero-order chi connectivity index (χ0) is 16.1. The van der Waals surface area contributed by atoms with E-state index in [1.165, 1.54) is 0 Å². The van der Waals surface area contributed by atoms with Crippen LogP contribution in [0.15, 0.2) is 22.7 Å². The summed E-state index contributed by atoms with van der Waals surface area (Å²) in [6.07, 6.45) is 0.795. The van der Waals surface area contributed by atoms with Gasteiger partial charge in [-0.15, -0.1) is 12.4 Å². The molecule has 2 rings (SSSR count). The number of nitrogens with one attached hydrogen (secondary N) is 1. The first kappa shape index (κ1) is 19.3. The maximum Gasteiger partial charge on any atom is 0.258 e. The predicted molar refractivity (Wildman–Crippen MR) is 91.5 cm³/mol. The molecule has 1 heterocycles. The molecule has 0 radical (unpaired) electrons. The van der Waals surface area contributed by atoms with E-state index in [9.17, 15) is 0 Å². The summed E-state index contributed by atoms with van der Waals surface area (Å²) in [6, 6.07) is 5.88. The Labute approximate surface area is 143 Å². The molecular weight excluding hydrogens is 318 g/mol. The van der Waals surface area contributed by atoms with Gasteiger partial charge in [0.2, 0.25) is 0 Å². The molecular formula is C16H24ClN3O3. The number of aromatic nitrogens is 2. The zero-order valence-electron chi connectivity index (χ0n) is 14.1. The Balaban J connectivity index is 0.00000264. The number of rotatable bonds is 7. The van der Waals surface area contributed by atoms with Crippen LogP contribution in [0.4, 0.5) is 0 Å². The van der Waals surface area contributed by atoms with E-state index in [0.717, 1.165) is 5.56 Å². The van der Waals surface area contributed by atoms with Crippen molar-refractivity contribution in [3.05, 3.63) is 24.0 Å². The minimum atomic E-state index is 0. The molecule has 1 aromatic heterocycles. The Morgan fingerprint density at radius 3 is 2.57 bits per heavy atom. The number of hydrogen-bond donors (Lipinski definition) is 1. The fourth-order valence-corrected chi connectivity index (χ4v) is 1.98. The Hall–Kier alpha value is -1.79. The molecule has 0 aliphatic rings. The van der Waals surface area contributed by atoms with Crippen LogP contribution in [-0.4, -0.2) is 36.4 Å². The third-order valence-corrected chi connectivity index (χ3v) is 3.22. The number of halogens is 1. The Morgan fingerprint density at radius 1 is 1.22 bits per heavy atom. The molecule has 0 amide bonds. The van der Waals surface area contributed by atoms with Crippen LogP contribution in [0.3, 0.4) is 0 Å². The normalized spacial score (nSPS) is 11.9. The van der Waals surface area contributed by atoms with Crippen molar-refractivity contribution in [2.24, 2.45) is 0 Å². The van der Waals surface area contributed by atoms with Gasteiger partial charge >= 0.3 is 0 Å². The average Bonchev–Trinajstić information content (AvgIpc) is 2.95. The maximum atomic E-state index is 5.70. The Kier molecular flexibility index (Phi) is 7.32. The summed E-state index contributed by atoms with van der Waals surface area (Å²) in [7, 11) is 3.52. The molecule has 0 fully saturated rings. The predicted octanol–water partition coefficient (Wildman–Crippen LogP) is 3.10. The van der Waals surface area contributed by atoms with Gasteiger partial charge in [-0.05, 0) is 46.0 Å². The highest BCUT2D eigenvalue weighted by Crippen LogP contribution is 2.32. The van der Waals surface area contributed by atoms with Crippen LogP contribution in [0.25, 0.3) is 11.5 Å². The van der Waals surface area contributed by atoms with Gasteiger partial charge in [0.25, 0.3) is 5.89 Å². The molecule has 0 saturated carbocycles. The van der Waals surface area contributed by atoms with E-state index in [2.05, 4.69) is 22.4 Å². The van der Waals surface area contributed by atoms with Crippen LogP contribution >= 0.6 is 12.4 Å². The van der Waals surface area contributed by atoms with Crippen molar-refractivity contribution >= 4 is 12.4 Å². The van der Waals surface area contributed by atoms with Crippen molar-refractivity contribution in [1.29, 1.82) is 0 Å². The molecule has 1 atom stereocenters. The molecule has 7 heteroatoms. The second-order valence-corrected chi connectivity index (χ2v) is 5.44. The van der Waals surface area contributed by atoms with Crippen molar-refractivity contribution in [3.63, 3.8) is 0 Å². The number of benzene rings is 1. The Morgan fingerprint density at radius 2 is 1.96 bits per heavy atom. The second-order valence-electron chi connectivity index (χ2n) is 5.44. The van der Waals surface area contributed by atoms with Gasteiger partial charge in [-0.25, -0.2) is 0 Å². The molecule has 23 heavy (non-hydrogen) atoms. The highest BCUT2D eigenvalue weighted by atomic mass is 35.5. The van der Waals surface area contributed by atoms with Gasteiger partial charge < -0.3 is 19.3 Å². The lowest BCUT2D eigenvalue weighted by Crippen LogP contribution is -2.24. The maximum absolute atomic E-state index is 5.70. The first-order chi connectivity index (χ1) is 10.5. The zero-order valence-corrected chi connectivity index (χ0v) is 14.9. The van der Waals surface area contributed by atoms with E-state index >= 15 is 0 Å². The van der Waals surface area contributed by atoms with Crippen molar-refractivity contribution in [1.82, 2.24) is 15.5 Å². The summed E-state index contributed by atoms with van der Waals surface area (Å²) in [4.78, 5) is 4.42. The molecule has 6 nitrogen and oxygen atoms in total. The summed E-state index contributed by atoms with van der Waals surface area (Å²) < 4.78 is 16.4. The van der Waals surface area contributed by atoms with Gasteiger partial charge in [0.05, 0.1) is 13.2 Å². The highest BCUT2D eigenvalue weighted by Gasteiger charge is 2.14. The Bertz CT molecular complexity index is 616. The molecule has 0 aliphatic heterocycles. The van der Waals surface area contributed by atoms with E-state index in [1.54, 1.807) is 7.11 Å². The van der Waals surface area contributed by atoms with Gasteiger partial charge in [-0.3, -0.25) is 0 Å². The fourth-order valence-electron chi connectivity index (χ4n) is 1.98. The van der Waals surface area contributed by atoms with Crippen molar-refractivity contribution in [2.45, 2.75) is 39.3 Å². The number of methoxy groups -OCH3 is 1. The first-order valence-corrected chi connectivity index (χ1v) is 7.38. The van der Waals surface area contributed by atoms with Crippen LogP contribution in [0.2, 0.25) is 0 Å². The van der Waals surface area contributed by atoms with Crippen molar-refractivity contribution in [2.75, 3.05) is 14.2 Å². The quantitative estimate of drug-likeness (QED) is 0.834. The van der Waals surface area contributed by atoms with Gasteiger partial charge in [0, 0.05) is 18.0 Å². The number of likely N-dealkylation sites (N-methyl/N-ethyl adjacent to an activating group) is 1. The van der Waals surface area contributed by atoms with Crippen molar-refractivity contribution < 1.29 is 14.0 Å². The number of nitrogens with zero attached hydrogens (tertiary/aromatic N) is 2. The topological polar surface area (TPSA) is 69.4 Å². The molecule has 1 unspecified atom stereocenters. The summed E-state index contributed by atoms with van der Waals surface area (Å²) in [5.74, 6) is 2.50. The third kappa shape index (κ3) is 5.11. The summed E-state index contributed by atoms with van der Waals surface area (Å²) in [5, 5.41) is 7.16. The minimum absolute atomic E-state index is 0. The van der Waals surface area contributed by atoms with Gasteiger partial charge in [-0.2, -0.15) is 4.98 Å². The minimum Gasteiger partial charge on any atom is -0.493 e. The lowest BCUT2D eigenvalue weighted by Gasteiger charge is -2.13. The molecule has 0 bridgehead atoms. The SMILES string of the molecule is CNC(C)Cc1noc(-c2ccc(OC(C)C)c(OC)c2)n1.Cl. The smallest absolute Gasteiger partial charge is 0.258 e. The standard InChI is InChI=1S/C16H23N3O3.ClH/c1-10(2)21-13-7-6-12(9-14(13)20-5)16-18-15(19-22-16)8-11(3)17-4;/h6-7,9-11,17H,8H2,1-5H3;1H. The molecule has 128 valence electrons. The van der Waals surface area contributed by atoms with Crippen molar-refractivity contribution in [3.8, 4) is 23.0 Å². The average molecular weight is 342 g/mol. The molecule has 0 aliphatic carbocycles. The fraction of sp³-hybridized carbons (Fsp3) is 0.500. The van der Waals surface area contributed by atoms with E-state index in [-0.39, 0.29) is 18.5 Å². The molecule has 1 N–H and O–H groups in total.